The van der Waals surface area contributed by atoms with Crippen molar-refractivity contribution in [2.45, 2.75) is 13.0 Å². The molecule has 0 saturated carbocycles. The SMILES string of the molecule is Cn1cc(CC(=O)Nc2ccnn2Cc2ccc(Br)cc2)c2ccccc21. The van der Waals surface area contributed by atoms with Crippen molar-refractivity contribution in [2.75, 3.05) is 5.32 Å². The molecule has 0 saturated heterocycles. The van der Waals surface area contributed by atoms with Crippen molar-refractivity contribution in [3.05, 3.63) is 82.6 Å². The highest BCUT2D eigenvalue weighted by molar-refractivity contribution is 9.10. The average Bonchev–Trinajstić information content (AvgIpc) is 3.22. The van der Waals surface area contributed by atoms with Crippen LogP contribution in [0.1, 0.15) is 11.1 Å². The minimum absolute atomic E-state index is 0.0519. The third-order valence-electron chi connectivity index (χ3n) is 4.56. The molecule has 136 valence electrons. The van der Waals surface area contributed by atoms with Crippen molar-refractivity contribution in [2.24, 2.45) is 7.05 Å². The number of aryl methyl sites for hydroxylation is 1. The van der Waals surface area contributed by atoms with Crippen LogP contribution in [0.5, 0.6) is 0 Å². The summed E-state index contributed by atoms with van der Waals surface area (Å²) >= 11 is 3.44. The van der Waals surface area contributed by atoms with Crippen molar-refractivity contribution in [3.63, 3.8) is 0 Å². The number of carbonyl (C=O) groups excluding carboxylic acids is 1. The van der Waals surface area contributed by atoms with Gasteiger partial charge in [0.05, 0.1) is 19.2 Å². The Hall–Kier alpha value is -2.86. The summed E-state index contributed by atoms with van der Waals surface area (Å²) in [6.07, 6.45) is 4.04. The van der Waals surface area contributed by atoms with E-state index in [1.54, 1.807) is 10.9 Å². The predicted octanol–water partition coefficient (Wildman–Crippen LogP) is 4.37. The van der Waals surface area contributed by atoms with Gasteiger partial charge in [0, 0.05) is 34.7 Å². The van der Waals surface area contributed by atoms with Crippen LogP contribution in [-0.2, 0) is 24.8 Å². The normalized spacial score (nSPS) is 11.0. The van der Waals surface area contributed by atoms with Crippen LogP contribution in [0.4, 0.5) is 5.82 Å². The van der Waals surface area contributed by atoms with Crippen molar-refractivity contribution in [3.8, 4) is 0 Å². The Morgan fingerprint density at radius 3 is 2.70 bits per heavy atom. The first-order valence-corrected chi connectivity index (χ1v) is 9.48. The number of fused-ring (bicyclic) bond motifs is 1. The molecule has 0 bridgehead atoms. The zero-order chi connectivity index (χ0) is 18.8. The summed E-state index contributed by atoms with van der Waals surface area (Å²) in [4.78, 5) is 12.6. The number of hydrogen-bond acceptors (Lipinski definition) is 2. The van der Waals surface area contributed by atoms with E-state index >= 15 is 0 Å². The fourth-order valence-corrected chi connectivity index (χ4v) is 3.52. The molecular weight excluding hydrogens is 404 g/mol. The quantitative estimate of drug-likeness (QED) is 0.519. The maximum atomic E-state index is 12.6. The highest BCUT2D eigenvalue weighted by atomic mass is 79.9. The van der Waals surface area contributed by atoms with Crippen LogP contribution in [0.3, 0.4) is 0 Å². The van der Waals surface area contributed by atoms with Crippen LogP contribution in [0.15, 0.2) is 71.5 Å². The van der Waals surface area contributed by atoms with Crippen LogP contribution < -0.4 is 5.32 Å². The Kier molecular flexibility index (Phi) is 4.81. The van der Waals surface area contributed by atoms with Crippen LogP contribution in [0.25, 0.3) is 10.9 Å². The second-order valence-corrected chi connectivity index (χ2v) is 7.42. The Morgan fingerprint density at radius 2 is 1.89 bits per heavy atom. The lowest BCUT2D eigenvalue weighted by molar-refractivity contribution is -0.115. The van der Waals surface area contributed by atoms with Gasteiger partial charge in [0.1, 0.15) is 5.82 Å². The van der Waals surface area contributed by atoms with Crippen molar-refractivity contribution >= 4 is 38.6 Å². The second-order valence-electron chi connectivity index (χ2n) is 6.51. The number of rotatable bonds is 5. The molecule has 4 rings (SSSR count). The number of para-hydroxylation sites is 1. The number of carbonyl (C=O) groups is 1. The highest BCUT2D eigenvalue weighted by Crippen LogP contribution is 2.21. The minimum Gasteiger partial charge on any atom is -0.350 e. The average molecular weight is 423 g/mol. The Bertz CT molecular complexity index is 1100. The fraction of sp³-hybridized carbons (Fsp3) is 0.143. The van der Waals surface area contributed by atoms with Crippen molar-refractivity contribution < 1.29 is 4.79 Å². The van der Waals surface area contributed by atoms with Crippen molar-refractivity contribution in [1.29, 1.82) is 0 Å². The molecule has 1 N–H and O–H groups in total. The number of hydrogen-bond donors (Lipinski definition) is 1. The van der Waals surface area contributed by atoms with E-state index in [0.717, 1.165) is 26.5 Å². The first-order chi connectivity index (χ1) is 13.1. The van der Waals surface area contributed by atoms with E-state index in [0.29, 0.717) is 18.8 Å². The zero-order valence-electron chi connectivity index (χ0n) is 14.9. The molecule has 0 radical (unpaired) electrons. The molecule has 6 heteroatoms. The van der Waals surface area contributed by atoms with Gasteiger partial charge < -0.3 is 9.88 Å². The number of aromatic nitrogens is 3. The maximum absolute atomic E-state index is 12.6. The zero-order valence-corrected chi connectivity index (χ0v) is 16.5. The van der Waals surface area contributed by atoms with Gasteiger partial charge in [0.25, 0.3) is 0 Å². The molecule has 2 aromatic carbocycles. The summed E-state index contributed by atoms with van der Waals surface area (Å²) in [7, 11) is 2.00. The van der Waals surface area contributed by atoms with Crippen LogP contribution in [-0.4, -0.2) is 20.3 Å². The van der Waals surface area contributed by atoms with Crippen molar-refractivity contribution in [1.82, 2.24) is 14.3 Å². The van der Waals surface area contributed by atoms with E-state index in [1.807, 2.05) is 55.7 Å². The lowest BCUT2D eigenvalue weighted by atomic mass is 10.1. The number of amides is 1. The molecule has 0 atom stereocenters. The molecule has 0 fully saturated rings. The molecule has 1 amide bonds. The number of anilines is 1. The van der Waals surface area contributed by atoms with Gasteiger partial charge in [-0.3, -0.25) is 4.79 Å². The molecule has 0 spiro atoms. The molecule has 0 aliphatic rings. The van der Waals surface area contributed by atoms with Gasteiger partial charge in [0.2, 0.25) is 5.91 Å². The molecule has 0 aliphatic heterocycles. The Labute approximate surface area is 165 Å². The van der Waals surface area contributed by atoms with E-state index in [4.69, 9.17) is 0 Å². The van der Waals surface area contributed by atoms with Gasteiger partial charge in [-0.1, -0.05) is 46.3 Å². The summed E-state index contributed by atoms with van der Waals surface area (Å²) in [5.41, 5.74) is 3.26. The van der Waals surface area contributed by atoms with E-state index in [1.165, 1.54) is 0 Å². The van der Waals surface area contributed by atoms with Crippen LogP contribution in [0, 0.1) is 0 Å². The van der Waals surface area contributed by atoms with Gasteiger partial charge in [-0.2, -0.15) is 5.10 Å². The van der Waals surface area contributed by atoms with Gasteiger partial charge in [-0.05, 0) is 29.3 Å². The molecular formula is C21H19BrN4O. The van der Waals surface area contributed by atoms with Crippen LogP contribution in [0.2, 0.25) is 0 Å². The molecule has 5 nitrogen and oxygen atoms in total. The monoisotopic (exact) mass is 422 g/mol. The summed E-state index contributed by atoms with van der Waals surface area (Å²) in [5.74, 6) is 0.645. The third kappa shape index (κ3) is 3.80. The lowest BCUT2D eigenvalue weighted by Crippen LogP contribution is -2.18. The smallest absolute Gasteiger partial charge is 0.230 e. The van der Waals surface area contributed by atoms with E-state index < -0.39 is 0 Å². The number of halogens is 1. The summed E-state index contributed by atoms with van der Waals surface area (Å²) in [6, 6.07) is 18.0. The number of nitrogens with one attached hydrogen (secondary N) is 1. The van der Waals surface area contributed by atoms with Gasteiger partial charge in [-0.25, -0.2) is 4.68 Å². The fourth-order valence-electron chi connectivity index (χ4n) is 3.25. The first-order valence-electron chi connectivity index (χ1n) is 8.69. The highest BCUT2D eigenvalue weighted by Gasteiger charge is 2.12. The molecule has 27 heavy (non-hydrogen) atoms. The van der Waals surface area contributed by atoms with Crippen LogP contribution >= 0.6 is 15.9 Å². The Balaban J connectivity index is 1.49. The van der Waals surface area contributed by atoms with Gasteiger partial charge in [0.15, 0.2) is 0 Å². The lowest BCUT2D eigenvalue weighted by Gasteiger charge is -2.09. The number of benzene rings is 2. The predicted molar refractivity (Wildman–Crippen MR) is 111 cm³/mol. The summed E-state index contributed by atoms with van der Waals surface area (Å²) < 4.78 is 4.88. The molecule has 2 heterocycles. The first kappa shape index (κ1) is 17.5. The largest absolute Gasteiger partial charge is 0.350 e. The van der Waals surface area contributed by atoms with E-state index in [2.05, 4.69) is 43.0 Å². The summed E-state index contributed by atoms with van der Waals surface area (Å²) in [6.45, 7) is 0.601. The molecule has 4 aromatic rings. The number of nitrogens with zero attached hydrogens (tertiary/aromatic N) is 3. The molecule has 2 aromatic heterocycles. The third-order valence-corrected chi connectivity index (χ3v) is 5.09. The minimum atomic E-state index is -0.0519. The molecule has 0 unspecified atom stereocenters. The standard InChI is InChI=1S/C21H19BrN4O/c1-25-14-16(18-4-2-3-5-19(18)25)12-21(27)24-20-10-11-23-26(20)13-15-6-8-17(22)9-7-15/h2-11,14H,12-13H2,1H3,(H,24,27). The van der Waals surface area contributed by atoms with E-state index in [9.17, 15) is 4.79 Å². The van der Waals surface area contributed by atoms with Gasteiger partial charge >= 0.3 is 0 Å². The van der Waals surface area contributed by atoms with Gasteiger partial charge in [-0.15, -0.1) is 0 Å². The summed E-state index contributed by atoms with van der Waals surface area (Å²) in [5, 5.41) is 8.43. The second kappa shape index (κ2) is 7.40. The van der Waals surface area contributed by atoms with E-state index in [-0.39, 0.29) is 5.91 Å². The molecule has 0 aliphatic carbocycles. The maximum Gasteiger partial charge on any atom is 0.230 e. The topological polar surface area (TPSA) is 51.9 Å². The Morgan fingerprint density at radius 1 is 1.11 bits per heavy atom.